The summed E-state index contributed by atoms with van der Waals surface area (Å²) < 4.78 is 14.4. The standard InChI is InChI=1S/C16H23BrFN/c1-2-19-16(8-12-6-4-3-5-7-12)13-9-14(17)11-15(18)10-13/h9-12,16,19H,2-8H2,1H3. The van der Waals surface area contributed by atoms with E-state index in [4.69, 9.17) is 0 Å². The van der Waals surface area contributed by atoms with Crippen LogP contribution in [0.2, 0.25) is 0 Å². The predicted octanol–water partition coefficient (Wildman–Crippen LogP) is 5.21. The van der Waals surface area contributed by atoms with Crippen LogP contribution in [0.3, 0.4) is 0 Å². The first kappa shape index (κ1) is 15.0. The molecule has 1 atom stereocenters. The maximum Gasteiger partial charge on any atom is 0.124 e. The van der Waals surface area contributed by atoms with Crippen LogP contribution in [0.1, 0.15) is 57.1 Å². The van der Waals surface area contributed by atoms with Crippen LogP contribution >= 0.6 is 15.9 Å². The molecule has 0 amide bonds. The number of rotatable bonds is 5. The minimum absolute atomic E-state index is 0.157. The zero-order valence-corrected chi connectivity index (χ0v) is 13.2. The van der Waals surface area contributed by atoms with Crippen molar-refractivity contribution in [2.75, 3.05) is 6.54 Å². The van der Waals surface area contributed by atoms with Gasteiger partial charge in [0, 0.05) is 10.5 Å². The molecule has 1 fully saturated rings. The first-order chi connectivity index (χ1) is 9.19. The number of benzene rings is 1. The van der Waals surface area contributed by atoms with Gasteiger partial charge in [-0.3, -0.25) is 0 Å². The van der Waals surface area contributed by atoms with Crippen LogP contribution in [0.4, 0.5) is 4.39 Å². The van der Waals surface area contributed by atoms with Crippen molar-refractivity contribution in [3.63, 3.8) is 0 Å². The molecule has 1 saturated carbocycles. The molecule has 3 heteroatoms. The number of hydrogen-bond donors (Lipinski definition) is 1. The lowest BCUT2D eigenvalue weighted by Gasteiger charge is -2.27. The van der Waals surface area contributed by atoms with Crippen molar-refractivity contribution in [3.05, 3.63) is 34.1 Å². The quantitative estimate of drug-likeness (QED) is 0.782. The van der Waals surface area contributed by atoms with Gasteiger partial charge in [0.05, 0.1) is 0 Å². The normalized spacial score (nSPS) is 18.5. The molecule has 1 aromatic rings. The van der Waals surface area contributed by atoms with E-state index < -0.39 is 0 Å². The maximum atomic E-state index is 13.5. The molecular formula is C16H23BrFN. The van der Waals surface area contributed by atoms with E-state index in [0.717, 1.165) is 28.9 Å². The lowest BCUT2D eigenvalue weighted by molar-refractivity contribution is 0.301. The Morgan fingerprint density at radius 1 is 1.26 bits per heavy atom. The monoisotopic (exact) mass is 327 g/mol. The first-order valence-corrected chi connectivity index (χ1v) is 8.17. The third kappa shape index (κ3) is 4.57. The summed E-state index contributed by atoms with van der Waals surface area (Å²) >= 11 is 3.39. The van der Waals surface area contributed by atoms with Crippen molar-refractivity contribution >= 4 is 15.9 Å². The van der Waals surface area contributed by atoms with Gasteiger partial charge in [-0.2, -0.15) is 0 Å². The molecule has 0 heterocycles. The van der Waals surface area contributed by atoms with E-state index in [2.05, 4.69) is 28.2 Å². The minimum Gasteiger partial charge on any atom is -0.310 e. The van der Waals surface area contributed by atoms with Gasteiger partial charge < -0.3 is 5.32 Å². The van der Waals surface area contributed by atoms with Crippen molar-refractivity contribution in [2.45, 2.75) is 51.5 Å². The topological polar surface area (TPSA) is 12.0 Å². The van der Waals surface area contributed by atoms with Crippen LogP contribution in [-0.4, -0.2) is 6.54 Å². The van der Waals surface area contributed by atoms with Crippen molar-refractivity contribution < 1.29 is 4.39 Å². The zero-order chi connectivity index (χ0) is 13.7. The van der Waals surface area contributed by atoms with E-state index in [9.17, 15) is 4.39 Å². The van der Waals surface area contributed by atoms with Crippen LogP contribution in [0.25, 0.3) is 0 Å². The average Bonchev–Trinajstić information content (AvgIpc) is 2.38. The Balaban J connectivity index is 2.09. The maximum absolute atomic E-state index is 13.5. The lowest BCUT2D eigenvalue weighted by atomic mass is 9.83. The molecule has 1 aliphatic rings. The Kier molecular flexibility index (Phi) is 5.83. The summed E-state index contributed by atoms with van der Waals surface area (Å²) in [7, 11) is 0. The highest BCUT2D eigenvalue weighted by atomic mass is 79.9. The van der Waals surface area contributed by atoms with Crippen LogP contribution in [-0.2, 0) is 0 Å². The van der Waals surface area contributed by atoms with Crippen LogP contribution in [0, 0.1) is 11.7 Å². The van der Waals surface area contributed by atoms with Crippen molar-refractivity contribution in [1.82, 2.24) is 5.32 Å². The molecular weight excluding hydrogens is 305 g/mol. The Labute approximate surface area is 124 Å². The van der Waals surface area contributed by atoms with Crippen LogP contribution in [0.15, 0.2) is 22.7 Å². The predicted molar refractivity (Wildman–Crippen MR) is 81.7 cm³/mol. The second kappa shape index (κ2) is 7.39. The molecule has 1 N–H and O–H groups in total. The van der Waals surface area contributed by atoms with Crippen molar-refractivity contribution in [2.24, 2.45) is 5.92 Å². The fourth-order valence-electron chi connectivity index (χ4n) is 3.12. The highest BCUT2D eigenvalue weighted by Gasteiger charge is 2.20. The van der Waals surface area contributed by atoms with E-state index >= 15 is 0 Å². The molecule has 0 radical (unpaired) electrons. The summed E-state index contributed by atoms with van der Waals surface area (Å²) in [5.41, 5.74) is 1.07. The summed E-state index contributed by atoms with van der Waals surface area (Å²) in [6, 6.07) is 5.51. The summed E-state index contributed by atoms with van der Waals surface area (Å²) in [5, 5.41) is 3.51. The molecule has 106 valence electrons. The van der Waals surface area contributed by atoms with E-state index in [-0.39, 0.29) is 11.9 Å². The molecule has 0 saturated heterocycles. The van der Waals surface area contributed by atoms with Gasteiger partial charge in [0.1, 0.15) is 5.82 Å². The summed E-state index contributed by atoms with van der Waals surface area (Å²) in [6.45, 7) is 3.04. The third-order valence-electron chi connectivity index (χ3n) is 4.03. The molecule has 2 rings (SSSR count). The molecule has 1 nitrogen and oxygen atoms in total. The van der Waals surface area contributed by atoms with E-state index in [0.29, 0.717) is 0 Å². The molecule has 1 unspecified atom stereocenters. The summed E-state index contributed by atoms with van der Waals surface area (Å²) in [4.78, 5) is 0. The molecule has 0 spiro atoms. The van der Waals surface area contributed by atoms with Crippen molar-refractivity contribution in [3.8, 4) is 0 Å². The smallest absolute Gasteiger partial charge is 0.124 e. The molecule has 1 aliphatic carbocycles. The van der Waals surface area contributed by atoms with Gasteiger partial charge in [-0.15, -0.1) is 0 Å². The second-order valence-electron chi connectivity index (χ2n) is 5.55. The zero-order valence-electron chi connectivity index (χ0n) is 11.6. The van der Waals surface area contributed by atoms with Crippen molar-refractivity contribution in [1.29, 1.82) is 0 Å². The van der Waals surface area contributed by atoms with E-state index in [1.54, 1.807) is 6.07 Å². The average molecular weight is 328 g/mol. The number of halogens is 2. The number of hydrogen-bond acceptors (Lipinski definition) is 1. The lowest BCUT2D eigenvalue weighted by Crippen LogP contribution is -2.24. The highest BCUT2D eigenvalue weighted by Crippen LogP contribution is 2.32. The Morgan fingerprint density at radius 3 is 2.63 bits per heavy atom. The molecule has 19 heavy (non-hydrogen) atoms. The van der Waals surface area contributed by atoms with Gasteiger partial charge in [0.25, 0.3) is 0 Å². The summed E-state index contributed by atoms with van der Waals surface area (Å²) in [6.07, 6.45) is 7.89. The van der Waals surface area contributed by atoms with Gasteiger partial charge in [-0.05, 0) is 42.6 Å². The van der Waals surface area contributed by atoms with Crippen LogP contribution < -0.4 is 5.32 Å². The molecule has 0 aliphatic heterocycles. The van der Waals surface area contributed by atoms with Crippen LogP contribution in [0.5, 0.6) is 0 Å². The minimum atomic E-state index is -0.157. The second-order valence-corrected chi connectivity index (χ2v) is 6.47. The highest BCUT2D eigenvalue weighted by molar-refractivity contribution is 9.10. The van der Waals surface area contributed by atoms with E-state index in [1.165, 1.54) is 38.2 Å². The van der Waals surface area contributed by atoms with Gasteiger partial charge in [-0.25, -0.2) is 4.39 Å². The Bertz CT molecular complexity index is 381. The fraction of sp³-hybridized carbons (Fsp3) is 0.625. The largest absolute Gasteiger partial charge is 0.310 e. The molecule has 0 aromatic heterocycles. The number of nitrogens with one attached hydrogen (secondary N) is 1. The van der Waals surface area contributed by atoms with Gasteiger partial charge in [0.15, 0.2) is 0 Å². The third-order valence-corrected chi connectivity index (χ3v) is 4.49. The SMILES string of the molecule is CCNC(CC1CCCCC1)c1cc(F)cc(Br)c1. The fourth-order valence-corrected chi connectivity index (χ4v) is 3.60. The molecule has 1 aromatic carbocycles. The van der Waals surface area contributed by atoms with Gasteiger partial charge >= 0.3 is 0 Å². The van der Waals surface area contributed by atoms with Gasteiger partial charge in [0.2, 0.25) is 0 Å². The van der Waals surface area contributed by atoms with E-state index in [1.807, 2.05) is 6.07 Å². The summed E-state index contributed by atoms with van der Waals surface area (Å²) in [5.74, 6) is 0.635. The Morgan fingerprint density at radius 2 is 2.00 bits per heavy atom. The molecule has 0 bridgehead atoms. The first-order valence-electron chi connectivity index (χ1n) is 7.38. The Hall–Kier alpha value is -0.410. The van der Waals surface area contributed by atoms with Gasteiger partial charge in [-0.1, -0.05) is 55.0 Å².